The Morgan fingerprint density at radius 2 is 2.06 bits per heavy atom. The Bertz CT molecular complexity index is 492. The van der Waals surface area contributed by atoms with Gasteiger partial charge in [0.15, 0.2) is 5.22 Å². The first kappa shape index (κ1) is 9.94. The largest absolute Gasteiger partial charge is 0.449 e. The van der Waals surface area contributed by atoms with E-state index in [2.05, 4.69) is 17.4 Å². The molecule has 0 saturated carbocycles. The molecule has 2 heterocycles. The third kappa shape index (κ3) is 1.64. The molecule has 82 valence electrons. The van der Waals surface area contributed by atoms with Gasteiger partial charge in [-0.15, -0.1) is 0 Å². The fourth-order valence-electron chi connectivity index (χ4n) is 2.23. The van der Waals surface area contributed by atoms with E-state index in [4.69, 9.17) is 16.0 Å². The van der Waals surface area contributed by atoms with Crippen LogP contribution in [0.3, 0.4) is 0 Å². The molecule has 0 saturated heterocycles. The summed E-state index contributed by atoms with van der Waals surface area (Å²) in [5, 5.41) is 3.97. The number of hydrogen-bond donors (Lipinski definition) is 1. The summed E-state index contributed by atoms with van der Waals surface area (Å²) >= 11 is 5.91. The van der Waals surface area contributed by atoms with Gasteiger partial charge in [0.05, 0.1) is 6.04 Å². The van der Waals surface area contributed by atoms with Crippen LogP contribution in [0.5, 0.6) is 0 Å². The maximum absolute atomic E-state index is 5.91. The van der Waals surface area contributed by atoms with Crippen molar-refractivity contribution in [1.29, 1.82) is 0 Å². The van der Waals surface area contributed by atoms with Crippen molar-refractivity contribution in [2.45, 2.75) is 12.5 Å². The zero-order valence-corrected chi connectivity index (χ0v) is 9.50. The molecular weight excluding hydrogens is 222 g/mol. The Morgan fingerprint density at radius 3 is 2.88 bits per heavy atom. The minimum Gasteiger partial charge on any atom is -0.449 e. The van der Waals surface area contributed by atoms with Crippen molar-refractivity contribution in [2.24, 2.45) is 0 Å². The van der Waals surface area contributed by atoms with E-state index in [1.165, 1.54) is 11.1 Å². The Kier molecular flexibility index (Phi) is 2.46. The maximum Gasteiger partial charge on any atom is 0.193 e. The Hall–Kier alpha value is -1.25. The summed E-state index contributed by atoms with van der Waals surface area (Å²) in [5.41, 5.74) is 2.42. The number of benzene rings is 1. The predicted octanol–water partition coefficient (Wildman–Crippen LogP) is 3.17. The molecule has 0 amide bonds. The summed E-state index contributed by atoms with van der Waals surface area (Å²) < 4.78 is 5.48. The van der Waals surface area contributed by atoms with Gasteiger partial charge in [-0.05, 0) is 17.2 Å². The van der Waals surface area contributed by atoms with Crippen LogP contribution < -0.4 is 5.32 Å². The predicted molar refractivity (Wildman–Crippen MR) is 63.7 cm³/mol. The monoisotopic (exact) mass is 233 g/mol. The maximum atomic E-state index is 5.91. The smallest absolute Gasteiger partial charge is 0.193 e. The van der Waals surface area contributed by atoms with Crippen LogP contribution in [0.25, 0.3) is 0 Å². The molecule has 0 spiro atoms. The second kappa shape index (κ2) is 3.96. The lowest BCUT2D eigenvalue weighted by molar-refractivity contribution is 0.457. The molecule has 1 aliphatic rings. The lowest BCUT2D eigenvalue weighted by Gasteiger charge is -2.23. The average molecular weight is 234 g/mol. The van der Waals surface area contributed by atoms with Crippen molar-refractivity contribution >= 4 is 11.6 Å². The van der Waals surface area contributed by atoms with Crippen LogP contribution in [0, 0.1) is 0 Å². The van der Waals surface area contributed by atoms with Gasteiger partial charge < -0.3 is 9.73 Å². The van der Waals surface area contributed by atoms with Crippen LogP contribution in [0.2, 0.25) is 5.22 Å². The van der Waals surface area contributed by atoms with Gasteiger partial charge in [0.1, 0.15) is 5.76 Å². The van der Waals surface area contributed by atoms with Crippen molar-refractivity contribution in [1.82, 2.24) is 5.32 Å². The van der Waals surface area contributed by atoms with E-state index >= 15 is 0 Å². The topological polar surface area (TPSA) is 25.2 Å². The average Bonchev–Trinajstić information content (AvgIpc) is 2.70. The van der Waals surface area contributed by atoms with E-state index in [0.717, 1.165) is 18.7 Å². The standard InChI is InChI=1S/C13H12ClNO/c14-12-8-10-11(16-12)6-7-15-13(10)9-4-2-1-3-5-9/h1-5,8,13,15H,6-7H2. The number of rotatable bonds is 1. The van der Waals surface area contributed by atoms with E-state index in [9.17, 15) is 0 Å². The van der Waals surface area contributed by atoms with Gasteiger partial charge in [-0.3, -0.25) is 0 Å². The highest BCUT2D eigenvalue weighted by Crippen LogP contribution is 2.32. The molecule has 1 aliphatic heterocycles. The van der Waals surface area contributed by atoms with Crippen LogP contribution >= 0.6 is 11.6 Å². The lowest BCUT2D eigenvalue weighted by Crippen LogP contribution is -2.29. The second-order valence-corrected chi connectivity index (χ2v) is 4.35. The normalized spacial score (nSPS) is 19.4. The molecule has 0 fully saturated rings. The number of hydrogen-bond acceptors (Lipinski definition) is 2. The van der Waals surface area contributed by atoms with Crippen LogP contribution in [-0.4, -0.2) is 6.54 Å². The first-order chi connectivity index (χ1) is 7.84. The molecule has 2 nitrogen and oxygen atoms in total. The zero-order valence-electron chi connectivity index (χ0n) is 8.74. The molecule has 16 heavy (non-hydrogen) atoms. The highest BCUT2D eigenvalue weighted by atomic mass is 35.5. The molecule has 1 aromatic carbocycles. The molecule has 3 rings (SSSR count). The van der Waals surface area contributed by atoms with Crippen molar-refractivity contribution in [3.8, 4) is 0 Å². The Balaban J connectivity index is 2.05. The van der Waals surface area contributed by atoms with Crippen molar-refractivity contribution < 1.29 is 4.42 Å². The molecule has 1 N–H and O–H groups in total. The summed E-state index contributed by atoms with van der Waals surface area (Å²) in [5.74, 6) is 1.01. The van der Waals surface area contributed by atoms with Gasteiger partial charge in [0.25, 0.3) is 0 Å². The number of furan rings is 1. The summed E-state index contributed by atoms with van der Waals surface area (Å²) in [7, 11) is 0. The minimum absolute atomic E-state index is 0.209. The summed E-state index contributed by atoms with van der Waals surface area (Å²) in [6, 6.07) is 12.5. The zero-order chi connectivity index (χ0) is 11.0. The van der Waals surface area contributed by atoms with Crippen LogP contribution in [-0.2, 0) is 6.42 Å². The molecule has 0 radical (unpaired) electrons. The Labute approximate surface area is 99.2 Å². The first-order valence-electron chi connectivity index (χ1n) is 5.41. The third-order valence-electron chi connectivity index (χ3n) is 2.96. The number of nitrogens with one attached hydrogen (secondary N) is 1. The lowest BCUT2D eigenvalue weighted by atomic mass is 9.95. The highest BCUT2D eigenvalue weighted by molar-refractivity contribution is 6.28. The fraction of sp³-hybridized carbons (Fsp3) is 0.231. The summed E-state index contributed by atoms with van der Waals surface area (Å²) in [6.45, 7) is 0.927. The fourth-order valence-corrected chi connectivity index (χ4v) is 2.44. The van der Waals surface area contributed by atoms with Gasteiger partial charge >= 0.3 is 0 Å². The van der Waals surface area contributed by atoms with Crippen LogP contribution in [0.4, 0.5) is 0 Å². The quantitative estimate of drug-likeness (QED) is 0.819. The van der Waals surface area contributed by atoms with Crippen molar-refractivity contribution in [2.75, 3.05) is 6.54 Å². The van der Waals surface area contributed by atoms with E-state index < -0.39 is 0 Å². The van der Waals surface area contributed by atoms with Crippen molar-refractivity contribution in [3.63, 3.8) is 0 Å². The summed E-state index contributed by atoms with van der Waals surface area (Å²) in [4.78, 5) is 0. The summed E-state index contributed by atoms with van der Waals surface area (Å²) in [6.07, 6.45) is 0.908. The van der Waals surface area contributed by atoms with E-state index in [-0.39, 0.29) is 6.04 Å². The molecule has 3 heteroatoms. The van der Waals surface area contributed by atoms with Crippen LogP contribution in [0.15, 0.2) is 40.8 Å². The van der Waals surface area contributed by atoms with E-state index in [1.807, 2.05) is 24.3 Å². The molecule has 1 aromatic heterocycles. The van der Waals surface area contributed by atoms with Gasteiger partial charge in [-0.2, -0.15) is 0 Å². The van der Waals surface area contributed by atoms with Gasteiger partial charge in [-0.25, -0.2) is 0 Å². The first-order valence-corrected chi connectivity index (χ1v) is 5.79. The Morgan fingerprint density at radius 1 is 1.25 bits per heavy atom. The molecule has 1 unspecified atom stereocenters. The van der Waals surface area contributed by atoms with Gasteiger partial charge in [0.2, 0.25) is 0 Å². The van der Waals surface area contributed by atoms with Gasteiger partial charge in [0, 0.05) is 24.6 Å². The second-order valence-electron chi connectivity index (χ2n) is 3.98. The van der Waals surface area contributed by atoms with Crippen LogP contribution in [0.1, 0.15) is 22.9 Å². The molecule has 0 bridgehead atoms. The molecule has 2 aromatic rings. The van der Waals surface area contributed by atoms with Crippen molar-refractivity contribution in [3.05, 3.63) is 58.5 Å². The molecule has 0 aliphatic carbocycles. The molecule has 1 atom stereocenters. The third-order valence-corrected chi connectivity index (χ3v) is 3.14. The van der Waals surface area contributed by atoms with E-state index in [0.29, 0.717) is 5.22 Å². The number of halogens is 1. The highest BCUT2D eigenvalue weighted by Gasteiger charge is 2.24. The van der Waals surface area contributed by atoms with Gasteiger partial charge in [-0.1, -0.05) is 30.3 Å². The van der Waals surface area contributed by atoms with E-state index in [1.54, 1.807) is 0 Å². The number of fused-ring (bicyclic) bond motifs is 1. The SMILES string of the molecule is Clc1cc2c(o1)CCNC2c1ccccc1. The molecular formula is C13H12ClNO. The minimum atomic E-state index is 0.209.